The van der Waals surface area contributed by atoms with Gasteiger partial charge in [0.1, 0.15) is 0 Å². The van der Waals surface area contributed by atoms with Crippen molar-refractivity contribution < 1.29 is 0 Å². The van der Waals surface area contributed by atoms with E-state index in [9.17, 15) is 0 Å². The van der Waals surface area contributed by atoms with Crippen molar-refractivity contribution in [3.05, 3.63) is 29.8 Å². The molecule has 2 heterocycles. The SMILES string of the molecule is CC(C)CN1CC2(CNCN2)c2ccccc21. The second-order valence-electron chi connectivity index (χ2n) is 5.65. The van der Waals surface area contributed by atoms with Gasteiger partial charge in [-0.3, -0.25) is 5.32 Å². The highest BCUT2D eigenvalue weighted by Gasteiger charge is 2.44. The lowest BCUT2D eigenvalue weighted by atomic mass is 9.93. The molecule has 2 N–H and O–H groups in total. The van der Waals surface area contributed by atoms with Gasteiger partial charge in [-0.15, -0.1) is 0 Å². The monoisotopic (exact) mass is 231 g/mol. The molecule has 3 rings (SSSR count). The molecule has 3 nitrogen and oxygen atoms in total. The Balaban J connectivity index is 1.97. The normalized spacial score (nSPS) is 27.1. The Morgan fingerprint density at radius 2 is 2.18 bits per heavy atom. The zero-order valence-electron chi connectivity index (χ0n) is 10.7. The van der Waals surface area contributed by atoms with Crippen molar-refractivity contribution in [2.75, 3.05) is 31.2 Å². The molecular formula is C14H21N3. The lowest BCUT2D eigenvalue weighted by Gasteiger charge is -2.26. The fraction of sp³-hybridized carbons (Fsp3) is 0.571. The minimum atomic E-state index is 0.144. The molecule has 1 saturated heterocycles. The maximum absolute atomic E-state index is 3.64. The van der Waals surface area contributed by atoms with E-state index in [-0.39, 0.29) is 5.54 Å². The zero-order chi connectivity index (χ0) is 11.9. The van der Waals surface area contributed by atoms with Crippen LogP contribution in [0.1, 0.15) is 19.4 Å². The summed E-state index contributed by atoms with van der Waals surface area (Å²) in [4.78, 5) is 2.53. The number of para-hydroxylation sites is 1. The van der Waals surface area contributed by atoms with Crippen molar-refractivity contribution in [1.82, 2.24) is 10.6 Å². The van der Waals surface area contributed by atoms with E-state index < -0.39 is 0 Å². The summed E-state index contributed by atoms with van der Waals surface area (Å²) in [5.41, 5.74) is 3.02. The van der Waals surface area contributed by atoms with Crippen LogP contribution in [0.4, 0.5) is 5.69 Å². The summed E-state index contributed by atoms with van der Waals surface area (Å²) in [5.74, 6) is 0.701. The molecule has 0 saturated carbocycles. The summed E-state index contributed by atoms with van der Waals surface area (Å²) < 4.78 is 0. The van der Waals surface area contributed by atoms with Crippen LogP contribution in [-0.2, 0) is 5.54 Å². The third-order valence-corrected chi connectivity index (χ3v) is 3.79. The van der Waals surface area contributed by atoms with Gasteiger partial charge in [0.15, 0.2) is 0 Å². The molecule has 1 fully saturated rings. The molecule has 92 valence electrons. The first-order valence-electron chi connectivity index (χ1n) is 6.51. The molecule has 1 aromatic carbocycles. The van der Waals surface area contributed by atoms with E-state index in [1.165, 1.54) is 11.3 Å². The van der Waals surface area contributed by atoms with Crippen molar-refractivity contribution in [2.24, 2.45) is 5.92 Å². The van der Waals surface area contributed by atoms with E-state index in [1.807, 2.05) is 0 Å². The summed E-state index contributed by atoms with van der Waals surface area (Å²) in [6, 6.07) is 8.83. The maximum Gasteiger partial charge on any atom is 0.0768 e. The molecule has 1 unspecified atom stereocenters. The summed E-state index contributed by atoms with van der Waals surface area (Å²) in [6.45, 7) is 8.77. The quantitative estimate of drug-likeness (QED) is 0.808. The summed E-state index contributed by atoms with van der Waals surface area (Å²) in [7, 11) is 0. The van der Waals surface area contributed by atoms with E-state index >= 15 is 0 Å². The average Bonchev–Trinajstić information content (AvgIpc) is 2.88. The molecule has 0 bridgehead atoms. The highest BCUT2D eigenvalue weighted by Crippen LogP contribution is 2.40. The second kappa shape index (κ2) is 4.00. The Labute approximate surface area is 103 Å². The van der Waals surface area contributed by atoms with Crippen LogP contribution in [0.5, 0.6) is 0 Å². The Morgan fingerprint density at radius 3 is 2.88 bits per heavy atom. The Kier molecular flexibility index (Phi) is 2.60. The first kappa shape index (κ1) is 11.1. The minimum absolute atomic E-state index is 0.144. The Morgan fingerprint density at radius 1 is 1.35 bits per heavy atom. The Hall–Kier alpha value is -1.06. The number of nitrogens with one attached hydrogen (secondary N) is 2. The number of rotatable bonds is 2. The molecule has 2 aliphatic rings. The van der Waals surface area contributed by atoms with Crippen molar-refractivity contribution >= 4 is 5.69 Å². The van der Waals surface area contributed by atoms with Crippen molar-refractivity contribution in [2.45, 2.75) is 19.4 Å². The van der Waals surface area contributed by atoms with E-state index in [2.05, 4.69) is 53.6 Å². The fourth-order valence-electron chi connectivity index (χ4n) is 3.13. The predicted octanol–water partition coefficient (Wildman–Crippen LogP) is 1.51. The van der Waals surface area contributed by atoms with Gasteiger partial charge in [0.2, 0.25) is 0 Å². The van der Waals surface area contributed by atoms with E-state index in [0.717, 1.165) is 26.3 Å². The smallest absolute Gasteiger partial charge is 0.0768 e. The number of benzene rings is 1. The van der Waals surface area contributed by atoms with Gasteiger partial charge in [0, 0.05) is 32.0 Å². The van der Waals surface area contributed by atoms with Gasteiger partial charge in [0.25, 0.3) is 0 Å². The van der Waals surface area contributed by atoms with Crippen LogP contribution >= 0.6 is 0 Å². The minimum Gasteiger partial charge on any atom is -0.369 e. The van der Waals surface area contributed by atoms with Crippen LogP contribution in [0.15, 0.2) is 24.3 Å². The van der Waals surface area contributed by atoms with Gasteiger partial charge in [-0.2, -0.15) is 0 Å². The fourth-order valence-corrected chi connectivity index (χ4v) is 3.13. The van der Waals surface area contributed by atoms with Crippen LogP contribution < -0.4 is 15.5 Å². The number of hydrogen-bond acceptors (Lipinski definition) is 3. The number of hydrogen-bond donors (Lipinski definition) is 2. The van der Waals surface area contributed by atoms with Crippen molar-refractivity contribution in [1.29, 1.82) is 0 Å². The molecule has 0 radical (unpaired) electrons. The largest absolute Gasteiger partial charge is 0.369 e. The average molecular weight is 231 g/mol. The molecular weight excluding hydrogens is 210 g/mol. The number of anilines is 1. The van der Waals surface area contributed by atoms with Gasteiger partial charge in [-0.25, -0.2) is 0 Å². The summed E-state index contributed by atoms with van der Waals surface area (Å²) >= 11 is 0. The van der Waals surface area contributed by atoms with Crippen LogP contribution in [0.2, 0.25) is 0 Å². The maximum atomic E-state index is 3.64. The molecule has 1 aromatic rings. The zero-order valence-corrected chi connectivity index (χ0v) is 10.7. The molecule has 2 aliphatic heterocycles. The van der Waals surface area contributed by atoms with Crippen LogP contribution in [0.3, 0.4) is 0 Å². The third kappa shape index (κ3) is 1.74. The molecule has 0 aliphatic carbocycles. The van der Waals surface area contributed by atoms with Gasteiger partial charge < -0.3 is 10.2 Å². The molecule has 1 spiro atoms. The first-order chi connectivity index (χ1) is 8.21. The lowest BCUT2D eigenvalue weighted by molar-refractivity contribution is 0.432. The molecule has 0 aromatic heterocycles. The van der Waals surface area contributed by atoms with E-state index in [0.29, 0.717) is 5.92 Å². The van der Waals surface area contributed by atoms with Gasteiger partial charge >= 0.3 is 0 Å². The third-order valence-electron chi connectivity index (χ3n) is 3.79. The number of fused-ring (bicyclic) bond motifs is 2. The molecule has 0 amide bonds. The van der Waals surface area contributed by atoms with Crippen molar-refractivity contribution in [3.63, 3.8) is 0 Å². The van der Waals surface area contributed by atoms with Crippen LogP contribution in [0, 0.1) is 5.92 Å². The second-order valence-corrected chi connectivity index (χ2v) is 5.65. The lowest BCUT2D eigenvalue weighted by Crippen LogP contribution is -2.44. The summed E-state index contributed by atoms with van der Waals surface area (Å²) in [5, 5.41) is 7.07. The van der Waals surface area contributed by atoms with E-state index in [1.54, 1.807) is 0 Å². The number of nitrogens with zero attached hydrogens (tertiary/aromatic N) is 1. The molecule has 1 atom stereocenters. The summed E-state index contributed by atoms with van der Waals surface area (Å²) in [6.07, 6.45) is 0. The Bertz CT molecular complexity index is 408. The topological polar surface area (TPSA) is 27.3 Å². The van der Waals surface area contributed by atoms with Gasteiger partial charge in [-0.05, 0) is 17.5 Å². The molecule has 3 heteroatoms. The van der Waals surface area contributed by atoms with Crippen molar-refractivity contribution in [3.8, 4) is 0 Å². The van der Waals surface area contributed by atoms with Gasteiger partial charge in [0.05, 0.1) is 5.54 Å². The predicted molar refractivity (Wildman–Crippen MR) is 71.2 cm³/mol. The van der Waals surface area contributed by atoms with Crippen LogP contribution in [-0.4, -0.2) is 26.3 Å². The standard InChI is InChI=1S/C14H21N3/c1-11(2)7-17-9-14(8-15-10-16-14)12-5-3-4-6-13(12)17/h3-6,11,15-16H,7-10H2,1-2H3. The van der Waals surface area contributed by atoms with Crippen LogP contribution in [0.25, 0.3) is 0 Å². The van der Waals surface area contributed by atoms with Gasteiger partial charge in [-0.1, -0.05) is 32.0 Å². The first-order valence-corrected chi connectivity index (χ1v) is 6.51. The highest BCUT2D eigenvalue weighted by atomic mass is 15.3. The highest BCUT2D eigenvalue weighted by molar-refractivity contribution is 5.63. The van der Waals surface area contributed by atoms with E-state index in [4.69, 9.17) is 0 Å². The molecule has 17 heavy (non-hydrogen) atoms.